The Balaban J connectivity index is 1.61. The summed E-state index contributed by atoms with van der Waals surface area (Å²) in [6.07, 6.45) is 0.633. The molecule has 1 N–H and O–H groups in total. The maximum Gasteiger partial charge on any atom is 0.273 e. The first-order valence-electron chi connectivity index (χ1n) is 8.42. The van der Waals surface area contributed by atoms with Gasteiger partial charge in [-0.25, -0.2) is 0 Å². The van der Waals surface area contributed by atoms with E-state index in [1.807, 2.05) is 18.2 Å². The summed E-state index contributed by atoms with van der Waals surface area (Å²) in [6.45, 7) is 2.11. The van der Waals surface area contributed by atoms with Crippen LogP contribution in [-0.2, 0) is 17.6 Å². The molecule has 0 saturated heterocycles. The monoisotopic (exact) mass is 382 g/mol. The van der Waals surface area contributed by atoms with Crippen molar-refractivity contribution < 1.29 is 9.72 Å². The van der Waals surface area contributed by atoms with Crippen molar-refractivity contribution in [2.75, 3.05) is 5.32 Å². The molecular formula is C19H18N4O3S. The maximum atomic E-state index is 12.2. The molecule has 0 aliphatic carbocycles. The molecule has 1 unspecified atom stereocenters. The highest BCUT2D eigenvalue weighted by molar-refractivity contribution is 7.15. The number of carbonyl (C=O) groups is 1. The van der Waals surface area contributed by atoms with E-state index in [1.54, 1.807) is 18.2 Å². The van der Waals surface area contributed by atoms with Gasteiger partial charge in [0.2, 0.25) is 11.0 Å². The number of nitrogens with one attached hydrogen (secondary N) is 1. The topological polar surface area (TPSA) is 98.0 Å². The number of carbonyl (C=O) groups excluding carboxylic acids is 1. The van der Waals surface area contributed by atoms with Crippen molar-refractivity contribution >= 4 is 28.1 Å². The number of benzene rings is 2. The standard InChI is InChI=1S/C19H18N4O3S/c1-13(14-7-3-2-4-8-14)11-18-21-22-19(27-18)20-17(24)12-15-9-5-6-10-16(15)23(25)26/h2-10,13H,11-12H2,1H3,(H,20,22,24). The summed E-state index contributed by atoms with van der Waals surface area (Å²) in [5, 5.41) is 23.1. The van der Waals surface area contributed by atoms with Crippen LogP contribution in [0.4, 0.5) is 10.8 Å². The van der Waals surface area contributed by atoms with Crippen LogP contribution in [0.2, 0.25) is 0 Å². The van der Waals surface area contributed by atoms with E-state index in [1.165, 1.54) is 23.0 Å². The highest BCUT2D eigenvalue weighted by Gasteiger charge is 2.17. The van der Waals surface area contributed by atoms with Crippen molar-refractivity contribution in [3.05, 3.63) is 80.8 Å². The van der Waals surface area contributed by atoms with Crippen LogP contribution in [0.15, 0.2) is 54.6 Å². The smallest absolute Gasteiger partial charge is 0.273 e. The minimum Gasteiger partial charge on any atom is -0.300 e. The first-order valence-corrected chi connectivity index (χ1v) is 9.24. The average Bonchev–Trinajstić information content (AvgIpc) is 3.09. The van der Waals surface area contributed by atoms with Crippen LogP contribution in [-0.4, -0.2) is 21.0 Å². The summed E-state index contributed by atoms with van der Waals surface area (Å²) >= 11 is 1.32. The second-order valence-electron chi connectivity index (χ2n) is 6.13. The molecular weight excluding hydrogens is 364 g/mol. The minimum atomic E-state index is -0.489. The van der Waals surface area contributed by atoms with Crippen LogP contribution in [0.5, 0.6) is 0 Å². The first-order chi connectivity index (χ1) is 13.0. The molecule has 1 heterocycles. The second-order valence-corrected chi connectivity index (χ2v) is 7.19. The van der Waals surface area contributed by atoms with Crippen LogP contribution in [0.3, 0.4) is 0 Å². The number of hydrogen-bond acceptors (Lipinski definition) is 6. The number of rotatable bonds is 7. The molecule has 2 aromatic carbocycles. The SMILES string of the molecule is CC(Cc1nnc(NC(=O)Cc2ccccc2[N+](=O)[O-])s1)c1ccccc1. The number of nitro groups is 1. The van der Waals surface area contributed by atoms with Crippen molar-refractivity contribution in [1.29, 1.82) is 0 Å². The molecule has 0 saturated carbocycles. The Bertz CT molecular complexity index is 943. The van der Waals surface area contributed by atoms with Gasteiger partial charge in [-0.15, -0.1) is 10.2 Å². The Morgan fingerprint density at radius 1 is 1.15 bits per heavy atom. The second kappa shape index (κ2) is 8.50. The molecule has 7 nitrogen and oxygen atoms in total. The molecule has 8 heteroatoms. The van der Waals surface area contributed by atoms with E-state index >= 15 is 0 Å². The summed E-state index contributed by atoms with van der Waals surface area (Å²) < 4.78 is 0. The number of para-hydroxylation sites is 1. The number of anilines is 1. The molecule has 138 valence electrons. The molecule has 0 radical (unpaired) electrons. The van der Waals surface area contributed by atoms with E-state index < -0.39 is 4.92 Å². The highest BCUT2D eigenvalue weighted by atomic mass is 32.1. The molecule has 1 atom stereocenters. The Labute approximate surface area is 160 Å². The molecule has 0 spiro atoms. The van der Waals surface area contributed by atoms with Crippen LogP contribution in [0.1, 0.15) is 29.0 Å². The zero-order chi connectivity index (χ0) is 19.2. The molecule has 1 aromatic heterocycles. The third-order valence-corrected chi connectivity index (χ3v) is 4.96. The van der Waals surface area contributed by atoms with Gasteiger partial charge in [0.25, 0.3) is 5.69 Å². The summed E-state index contributed by atoms with van der Waals surface area (Å²) in [5.74, 6) is -0.0715. The third-order valence-electron chi connectivity index (χ3n) is 4.10. The fourth-order valence-corrected chi connectivity index (χ4v) is 3.61. The lowest BCUT2D eigenvalue weighted by Crippen LogP contribution is -2.15. The van der Waals surface area contributed by atoms with E-state index in [0.717, 1.165) is 11.4 Å². The fraction of sp³-hybridized carbons (Fsp3) is 0.211. The number of aromatic nitrogens is 2. The molecule has 27 heavy (non-hydrogen) atoms. The maximum absolute atomic E-state index is 12.2. The molecule has 0 fully saturated rings. The van der Waals surface area contributed by atoms with Gasteiger partial charge in [0.15, 0.2) is 0 Å². The molecule has 1 amide bonds. The van der Waals surface area contributed by atoms with Crippen LogP contribution in [0.25, 0.3) is 0 Å². The predicted octanol–water partition coefficient (Wildman–Crippen LogP) is 3.97. The number of hydrogen-bond donors (Lipinski definition) is 1. The summed E-state index contributed by atoms with van der Waals surface area (Å²) in [4.78, 5) is 22.8. The largest absolute Gasteiger partial charge is 0.300 e. The minimum absolute atomic E-state index is 0.0673. The number of nitro benzene ring substituents is 1. The van der Waals surface area contributed by atoms with Gasteiger partial charge in [0.05, 0.1) is 11.3 Å². The first kappa shape index (κ1) is 18.7. The lowest BCUT2D eigenvalue weighted by atomic mass is 9.98. The van der Waals surface area contributed by atoms with Crippen molar-refractivity contribution in [2.45, 2.75) is 25.7 Å². The van der Waals surface area contributed by atoms with Gasteiger partial charge in [0, 0.05) is 18.1 Å². The number of amides is 1. The Morgan fingerprint density at radius 3 is 2.59 bits per heavy atom. The zero-order valence-electron chi connectivity index (χ0n) is 14.7. The lowest BCUT2D eigenvalue weighted by molar-refractivity contribution is -0.385. The van der Waals surface area contributed by atoms with Gasteiger partial charge in [-0.3, -0.25) is 14.9 Å². The van der Waals surface area contributed by atoms with E-state index in [4.69, 9.17) is 0 Å². The zero-order valence-corrected chi connectivity index (χ0v) is 15.5. The quantitative estimate of drug-likeness (QED) is 0.492. The number of nitrogens with zero attached hydrogens (tertiary/aromatic N) is 3. The summed E-state index contributed by atoms with van der Waals surface area (Å²) in [7, 11) is 0. The molecule has 0 bridgehead atoms. The molecule has 3 aromatic rings. The summed E-state index contributed by atoms with van der Waals surface area (Å²) in [5.41, 5.74) is 1.51. The van der Waals surface area contributed by atoms with E-state index in [9.17, 15) is 14.9 Å². The van der Waals surface area contributed by atoms with Crippen molar-refractivity contribution in [2.24, 2.45) is 0 Å². The normalized spacial score (nSPS) is 11.7. The Morgan fingerprint density at radius 2 is 1.85 bits per heavy atom. The lowest BCUT2D eigenvalue weighted by Gasteiger charge is -2.08. The Kier molecular flexibility index (Phi) is 5.87. The van der Waals surface area contributed by atoms with Crippen LogP contribution < -0.4 is 5.32 Å². The van der Waals surface area contributed by atoms with Gasteiger partial charge in [-0.1, -0.05) is 66.8 Å². The van der Waals surface area contributed by atoms with Gasteiger partial charge >= 0.3 is 0 Å². The predicted molar refractivity (Wildman–Crippen MR) is 104 cm³/mol. The fourth-order valence-electron chi connectivity index (χ4n) is 2.72. The third kappa shape index (κ3) is 4.95. The molecule has 0 aliphatic heterocycles. The van der Waals surface area contributed by atoms with Crippen LogP contribution in [0, 0.1) is 10.1 Å². The van der Waals surface area contributed by atoms with Gasteiger partial charge in [-0.2, -0.15) is 0 Å². The summed E-state index contributed by atoms with van der Waals surface area (Å²) in [6, 6.07) is 16.3. The van der Waals surface area contributed by atoms with E-state index in [-0.39, 0.29) is 23.9 Å². The molecule has 3 rings (SSSR count). The van der Waals surface area contributed by atoms with Crippen LogP contribution >= 0.6 is 11.3 Å². The van der Waals surface area contributed by atoms with Crippen molar-refractivity contribution in [3.63, 3.8) is 0 Å². The van der Waals surface area contributed by atoms with Crippen molar-refractivity contribution in [1.82, 2.24) is 10.2 Å². The van der Waals surface area contributed by atoms with Crippen molar-refractivity contribution in [3.8, 4) is 0 Å². The van der Waals surface area contributed by atoms with Gasteiger partial charge in [0.1, 0.15) is 5.01 Å². The van der Waals surface area contributed by atoms with Gasteiger partial charge < -0.3 is 5.32 Å². The Hall–Kier alpha value is -3.13. The van der Waals surface area contributed by atoms with E-state index in [0.29, 0.717) is 10.7 Å². The van der Waals surface area contributed by atoms with Gasteiger partial charge in [-0.05, 0) is 11.5 Å². The average molecular weight is 382 g/mol. The molecule has 0 aliphatic rings. The highest BCUT2D eigenvalue weighted by Crippen LogP contribution is 2.24. The van der Waals surface area contributed by atoms with E-state index in [2.05, 4.69) is 34.6 Å².